The van der Waals surface area contributed by atoms with E-state index < -0.39 is 17.4 Å². The molecule has 1 aromatic carbocycles. The Morgan fingerprint density at radius 3 is 2.65 bits per heavy atom. The van der Waals surface area contributed by atoms with Gasteiger partial charge in [-0.2, -0.15) is 6.92 Å². The third-order valence-electron chi connectivity index (χ3n) is 2.37. The summed E-state index contributed by atoms with van der Waals surface area (Å²) in [5.41, 5.74) is -0.0882. The van der Waals surface area contributed by atoms with Crippen molar-refractivity contribution in [3.05, 3.63) is 50.7 Å². The first-order valence-corrected chi connectivity index (χ1v) is 6.50. The Morgan fingerprint density at radius 2 is 2.10 bits per heavy atom. The minimum Gasteiger partial charge on any atom is -0.536 e. The normalized spacial score (nSPS) is 11.2. The van der Waals surface area contributed by atoms with Gasteiger partial charge in [-0.15, -0.1) is 0 Å². The maximum Gasteiger partial charge on any atom is 0.193 e. The molecule has 20 heavy (non-hydrogen) atoms. The Balaban J connectivity index is 0.00000361. The molecule has 1 rings (SSSR count). The molecule has 0 aliphatic rings. The summed E-state index contributed by atoms with van der Waals surface area (Å²) in [5.74, 6) is -2.80. The zero-order valence-electron chi connectivity index (χ0n) is 10.8. The standard InChI is InChI=1S/C13H13F2INO2.Re/c1-7(5-17-8(2)6-18)13(19)10-3-9(16)4-11(14)12(10)15;/h3-5,17-18H,6H2,1-2H3;/q-1;. The Kier molecular flexibility index (Phi) is 8.67. The van der Waals surface area contributed by atoms with Crippen LogP contribution >= 0.6 is 22.6 Å². The van der Waals surface area contributed by atoms with E-state index >= 15 is 0 Å². The molecular formula is C13H13F2INO2Re-. The molecule has 111 valence electrons. The SMILES string of the molecule is CC(=CN[C-](C)CO)C(=O)c1cc(I)cc(F)c1F.[Re]. The van der Waals surface area contributed by atoms with E-state index in [0.29, 0.717) is 9.61 Å². The van der Waals surface area contributed by atoms with Crippen molar-refractivity contribution in [3.63, 3.8) is 0 Å². The topological polar surface area (TPSA) is 49.3 Å². The second kappa shape index (κ2) is 8.82. The van der Waals surface area contributed by atoms with Crippen LogP contribution in [0.3, 0.4) is 0 Å². The number of nitrogens with one attached hydrogen (secondary N) is 1. The number of hydrogen-bond donors (Lipinski definition) is 2. The molecule has 0 bridgehead atoms. The molecule has 0 aliphatic carbocycles. The van der Waals surface area contributed by atoms with Crippen molar-refractivity contribution in [2.75, 3.05) is 6.61 Å². The van der Waals surface area contributed by atoms with Crippen LogP contribution in [-0.4, -0.2) is 17.5 Å². The van der Waals surface area contributed by atoms with Gasteiger partial charge in [-0.05, 0) is 47.8 Å². The minimum absolute atomic E-state index is 0. The summed E-state index contributed by atoms with van der Waals surface area (Å²) in [6, 6.07) is 2.86. The number of aliphatic hydroxyl groups is 1. The quantitative estimate of drug-likeness (QED) is 0.190. The molecule has 0 aromatic heterocycles. The van der Waals surface area contributed by atoms with E-state index in [0.717, 1.165) is 6.07 Å². The number of benzene rings is 1. The van der Waals surface area contributed by atoms with Gasteiger partial charge in [-0.25, -0.2) is 14.8 Å². The van der Waals surface area contributed by atoms with Crippen LogP contribution in [0, 0.1) is 21.2 Å². The number of ketones is 1. The van der Waals surface area contributed by atoms with Crippen molar-refractivity contribution >= 4 is 28.4 Å². The van der Waals surface area contributed by atoms with E-state index in [2.05, 4.69) is 5.32 Å². The predicted octanol–water partition coefficient (Wildman–Crippen LogP) is 2.79. The monoisotopic (exact) mass is 567 g/mol. The summed E-state index contributed by atoms with van der Waals surface area (Å²) in [6.07, 6.45) is 1.35. The van der Waals surface area contributed by atoms with Gasteiger partial charge in [0.2, 0.25) is 0 Å². The number of halogens is 3. The largest absolute Gasteiger partial charge is 0.536 e. The molecule has 0 spiro atoms. The average Bonchev–Trinajstić information content (AvgIpc) is 2.38. The van der Waals surface area contributed by atoms with E-state index in [-0.39, 0.29) is 38.2 Å². The van der Waals surface area contributed by atoms with Crippen molar-refractivity contribution in [3.8, 4) is 0 Å². The fourth-order valence-corrected chi connectivity index (χ4v) is 1.86. The summed E-state index contributed by atoms with van der Waals surface area (Å²) in [6.45, 7) is 2.95. The maximum atomic E-state index is 13.6. The maximum absolute atomic E-state index is 13.6. The molecule has 0 heterocycles. The third-order valence-corrected chi connectivity index (χ3v) is 2.99. The van der Waals surface area contributed by atoms with Crippen molar-refractivity contribution in [2.45, 2.75) is 13.8 Å². The van der Waals surface area contributed by atoms with Gasteiger partial charge < -0.3 is 10.4 Å². The Morgan fingerprint density at radius 1 is 1.50 bits per heavy atom. The molecule has 1 aromatic rings. The van der Waals surface area contributed by atoms with E-state index in [1.54, 1.807) is 6.92 Å². The van der Waals surface area contributed by atoms with Gasteiger partial charge in [0.1, 0.15) is 0 Å². The molecule has 0 saturated carbocycles. The van der Waals surface area contributed by atoms with Crippen LogP contribution in [0.2, 0.25) is 0 Å². The zero-order valence-corrected chi connectivity index (χ0v) is 15.7. The Labute approximate surface area is 143 Å². The molecule has 2 N–H and O–H groups in total. The fraction of sp³-hybridized carbons (Fsp3) is 0.231. The Hall–Kier alpha value is -0.358. The van der Waals surface area contributed by atoms with Gasteiger partial charge in [-0.1, -0.05) is 6.61 Å². The smallest absolute Gasteiger partial charge is 0.193 e. The molecule has 1 radical (unpaired) electrons. The second-order valence-corrected chi connectivity index (χ2v) is 5.23. The summed E-state index contributed by atoms with van der Waals surface area (Å²) in [4.78, 5) is 12.0. The van der Waals surface area contributed by atoms with Gasteiger partial charge in [0.15, 0.2) is 17.4 Å². The van der Waals surface area contributed by atoms with Crippen LogP contribution in [0.15, 0.2) is 23.9 Å². The molecular weight excluding hydrogens is 553 g/mol. The van der Waals surface area contributed by atoms with Gasteiger partial charge in [0.25, 0.3) is 0 Å². The van der Waals surface area contributed by atoms with Crippen LogP contribution < -0.4 is 5.32 Å². The third kappa shape index (κ3) is 5.20. The summed E-state index contributed by atoms with van der Waals surface area (Å²) >= 11 is 1.81. The number of carbonyl (C=O) groups excluding carboxylic acids is 1. The fourth-order valence-electron chi connectivity index (χ4n) is 1.28. The molecule has 0 saturated heterocycles. The molecule has 0 amide bonds. The van der Waals surface area contributed by atoms with E-state index in [9.17, 15) is 13.6 Å². The average molecular weight is 566 g/mol. The first kappa shape index (κ1) is 19.6. The van der Waals surface area contributed by atoms with Crippen molar-refractivity contribution in [2.24, 2.45) is 0 Å². The van der Waals surface area contributed by atoms with Gasteiger partial charge >= 0.3 is 0 Å². The van der Waals surface area contributed by atoms with Crippen LogP contribution in [-0.2, 0) is 20.4 Å². The number of aliphatic hydroxyl groups excluding tert-OH is 1. The van der Waals surface area contributed by atoms with Gasteiger partial charge in [-0.3, -0.25) is 4.79 Å². The Bertz CT molecular complexity index is 523. The van der Waals surface area contributed by atoms with Crippen LogP contribution in [0.1, 0.15) is 24.2 Å². The zero-order chi connectivity index (χ0) is 14.6. The predicted molar refractivity (Wildman–Crippen MR) is 76.3 cm³/mol. The van der Waals surface area contributed by atoms with E-state index in [4.69, 9.17) is 5.11 Å². The van der Waals surface area contributed by atoms with Crippen LogP contribution in [0.25, 0.3) is 0 Å². The number of carbonyl (C=O) groups is 1. The van der Waals surface area contributed by atoms with E-state index in [1.807, 2.05) is 22.6 Å². The van der Waals surface area contributed by atoms with Crippen LogP contribution in [0.4, 0.5) is 8.78 Å². The van der Waals surface area contributed by atoms with E-state index in [1.165, 1.54) is 19.2 Å². The van der Waals surface area contributed by atoms with Crippen molar-refractivity contribution in [1.29, 1.82) is 0 Å². The molecule has 7 heteroatoms. The first-order valence-electron chi connectivity index (χ1n) is 5.42. The van der Waals surface area contributed by atoms with Gasteiger partial charge in [0, 0.05) is 29.6 Å². The second-order valence-electron chi connectivity index (χ2n) is 3.99. The molecule has 0 unspecified atom stereocenters. The number of allylic oxidation sites excluding steroid dienone is 1. The van der Waals surface area contributed by atoms with Crippen molar-refractivity contribution < 1.29 is 39.1 Å². The molecule has 3 nitrogen and oxygen atoms in total. The van der Waals surface area contributed by atoms with Crippen molar-refractivity contribution in [1.82, 2.24) is 5.32 Å². The summed E-state index contributed by atoms with van der Waals surface area (Å²) in [5, 5.41) is 11.5. The molecule has 0 atom stereocenters. The van der Waals surface area contributed by atoms with Gasteiger partial charge in [0.05, 0.1) is 5.56 Å². The van der Waals surface area contributed by atoms with Crippen LogP contribution in [0.5, 0.6) is 0 Å². The summed E-state index contributed by atoms with van der Waals surface area (Å²) < 4.78 is 27.2. The molecule has 0 aliphatic heterocycles. The number of rotatable bonds is 5. The minimum atomic E-state index is -1.15. The summed E-state index contributed by atoms with van der Waals surface area (Å²) in [7, 11) is 0. The number of Topliss-reactive ketones (excluding diaryl/α,β-unsaturated/α-hetero) is 1. The molecule has 0 fully saturated rings. The first-order chi connectivity index (χ1) is 8.86. The number of hydrogen-bond acceptors (Lipinski definition) is 3.